The lowest BCUT2D eigenvalue weighted by Gasteiger charge is -2.26. The van der Waals surface area contributed by atoms with E-state index in [9.17, 15) is 0 Å². The van der Waals surface area contributed by atoms with Crippen molar-refractivity contribution >= 4 is 17.3 Å². The molecular formula is C14H18ClN3O2. The van der Waals surface area contributed by atoms with E-state index in [0.717, 1.165) is 0 Å². The van der Waals surface area contributed by atoms with Gasteiger partial charge in [0.2, 0.25) is 5.82 Å². The van der Waals surface area contributed by atoms with Crippen LogP contribution in [0.3, 0.4) is 0 Å². The smallest absolute Gasteiger partial charge is 0.259 e. The third kappa shape index (κ3) is 2.94. The van der Waals surface area contributed by atoms with E-state index in [1.165, 1.54) is 0 Å². The first kappa shape index (κ1) is 14.8. The summed E-state index contributed by atoms with van der Waals surface area (Å²) in [6, 6.07) is 5.13. The Labute approximate surface area is 123 Å². The molecule has 0 amide bonds. The monoisotopic (exact) mass is 295 g/mol. The standard InChI is InChI=1S/C14H18ClN3O2/c1-14(2,3)11(19-4)12-17-13(20-18-12)9-7-8(16)5-6-10(9)15/h5-7,11H,16H2,1-4H3. The van der Waals surface area contributed by atoms with E-state index in [2.05, 4.69) is 10.1 Å². The van der Waals surface area contributed by atoms with Crippen LogP contribution in [0.25, 0.3) is 11.5 Å². The molecule has 0 saturated carbocycles. The van der Waals surface area contributed by atoms with E-state index in [0.29, 0.717) is 28.0 Å². The molecule has 0 spiro atoms. The summed E-state index contributed by atoms with van der Waals surface area (Å²) in [5.74, 6) is 0.831. The number of anilines is 1. The molecule has 1 aromatic heterocycles. The molecule has 20 heavy (non-hydrogen) atoms. The van der Waals surface area contributed by atoms with Gasteiger partial charge in [0.15, 0.2) is 0 Å². The van der Waals surface area contributed by atoms with Crippen LogP contribution in [0.5, 0.6) is 0 Å². The highest BCUT2D eigenvalue weighted by Crippen LogP contribution is 2.36. The highest BCUT2D eigenvalue weighted by Gasteiger charge is 2.31. The van der Waals surface area contributed by atoms with Crippen molar-refractivity contribution in [1.82, 2.24) is 10.1 Å². The van der Waals surface area contributed by atoms with Gasteiger partial charge in [-0.1, -0.05) is 37.5 Å². The molecule has 5 nitrogen and oxygen atoms in total. The van der Waals surface area contributed by atoms with Crippen LogP contribution in [0.4, 0.5) is 5.69 Å². The second-order valence-corrected chi connectivity index (χ2v) is 6.09. The number of methoxy groups -OCH3 is 1. The zero-order valence-corrected chi connectivity index (χ0v) is 12.7. The highest BCUT2D eigenvalue weighted by molar-refractivity contribution is 6.33. The Bertz CT molecular complexity index is 605. The van der Waals surface area contributed by atoms with Crippen molar-refractivity contribution in [2.75, 3.05) is 12.8 Å². The van der Waals surface area contributed by atoms with Gasteiger partial charge in [-0.15, -0.1) is 0 Å². The summed E-state index contributed by atoms with van der Waals surface area (Å²) in [5, 5.41) is 4.50. The molecule has 2 rings (SSSR count). The summed E-state index contributed by atoms with van der Waals surface area (Å²) in [7, 11) is 1.62. The van der Waals surface area contributed by atoms with Crippen LogP contribution in [0.1, 0.15) is 32.7 Å². The van der Waals surface area contributed by atoms with Crippen LogP contribution in [0, 0.1) is 5.41 Å². The highest BCUT2D eigenvalue weighted by atomic mass is 35.5. The molecule has 108 valence electrons. The Balaban J connectivity index is 2.40. The van der Waals surface area contributed by atoms with Crippen LogP contribution in [0.2, 0.25) is 5.02 Å². The van der Waals surface area contributed by atoms with Gasteiger partial charge >= 0.3 is 0 Å². The van der Waals surface area contributed by atoms with Gasteiger partial charge in [-0.25, -0.2) is 0 Å². The quantitative estimate of drug-likeness (QED) is 0.874. The van der Waals surface area contributed by atoms with Crippen molar-refractivity contribution < 1.29 is 9.26 Å². The van der Waals surface area contributed by atoms with Crippen molar-refractivity contribution in [1.29, 1.82) is 0 Å². The van der Waals surface area contributed by atoms with Crippen molar-refractivity contribution in [3.05, 3.63) is 29.0 Å². The van der Waals surface area contributed by atoms with Crippen LogP contribution in [-0.2, 0) is 4.74 Å². The summed E-state index contributed by atoms with van der Waals surface area (Å²) in [6.07, 6.45) is -0.264. The molecule has 0 aliphatic carbocycles. The fourth-order valence-corrected chi connectivity index (χ4v) is 2.20. The summed E-state index contributed by atoms with van der Waals surface area (Å²) < 4.78 is 10.7. The molecule has 1 unspecified atom stereocenters. The van der Waals surface area contributed by atoms with E-state index >= 15 is 0 Å². The fraction of sp³-hybridized carbons (Fsp3) is 0.429. The molecular weight excluding hydrogens is 278 g/mol. The Hall–Kier alpha value is -1.59. The van der Waals surface area contributed by atoms with Crippen LogP contribution >= 0.6 is 11.6 Å². The molecule has 1 aromatic carbocycles. The first-order valence-electron chi connectivity index (χ1n) is 6.24. The average molecular weight is 296 g/mol. The summed E-state index contributed by atoms with van der Waals surface area (Å²) >= 11 is 6.13. The minimum atomic E-state index is -0.264. The van der Waals surface area contributed by atoms with Gasteiger partial charge in [-0.2, -0.15) is 4.98 Å². The van der Waals surface area contributed by atoms with Crippen molar-refractivity contribution in [3.63, 3.8) is 0 Å². The zero-order chi connectivity index (χ0) is 14.9. The van der Waals surface area contributed by atoms with Crippen molar-refractivity contribution in [2.45, 2.75) is 26.9 Å². The lowest BCUT2D eigenvalue weighted by molar-refractivity contribution is 0.00718. The molecule has 6 heteroatoms. The van der Waals surface area contributed by atoms with Crippen LogP contribution in [-0.4, -0.2) is 17.3 Å². The number of halogens is 1. The maximum absolute atomic E-state index is 6.13. The van der Waals surface area contributed by atoms with Gasteiger partial charge < -0.3 is 15.0 Å². The van der Waals surface area contributed by atoms with E-state index in [4.69, 9.17) is 26.6 Å². The summed E-state index contributed by atoms with van der Waals surface area (Å²) in [6.45, 7) is 6.14. The lowest BCUT2D eigenvalue weighted by Crippen LogP contribution is -2.21. The molecule has 0 saturated heterocycles. The third-order valence-electron chi connectivity index (χ3n) is 2.92. The Morgan fingerprint density at radius 2 is 2.05 bits per heavy atom. The fourth-order valence-electron chi connectivity index (χ4n) is 2.00. The number of nitrogens with zero attached hydrogens (tertiary/aromatic N) is 2. The van der Waals surface area contributed by atoms with E-state index in [1.807, 2.05) is 20.8 Å². The van der Waals surface area contributed by atoms with Gasteiger partial charge in [0.25, 0.3) is 5.89 Å². The van der Waals surface area contributed by atoms with Gasteiger partial charge in [-0.05, 0) is 23.6 Å². The molecule has 2 N–H and O–H groups in total. The number of nitrogen functional groups attached to an aromatic ring is 1. The number of rotatable bonds is 3. The first-order chi connectivity index (χ1) is 9.32. The minimum Gasteiger partial charge on any atom is -0.399 e. The number of aromatic nitrogens is 2. The molecule has 0 aliphatic rings. The van der Waals surface area contributed by atoms with E-state index < -0.39 is 0 Å². The third-order valence-corrected chi connectivity index (χ3v) is 3.25. The molecule has 0 aliphatic heterocycles. The number of nitrogens with two attached hydrogens (primary N) is 1. The predicted molar refractivity (Wildman–Crippen MR) is 78.4 cm³/mol. The summed E-state index contributed by atoms with van der Waals surface area (Å²) in [4.78, 5) is 4.38. The molecule has 0 fully saturated rings. The van der Waals surface area contributed by atoms with Crippen molar-refractivity contribution in [3.8, 4) is 11.5 Å². The molecule has 2 aromatic rings. The topological polar surface area (TPSA) is 74.2 Å². The molecule has 0 radical (unpaired) electrons. The largest absolute Gasteiger partial charge is 0.399 e. The molecule has 1 heterocycles. The second kappa shape index (κ2) is 5.42. The predicted octanol–water partition coefficient (Wildman–Crippen LogP) is 3.71. The minimum absolute atomic E-state index is 0.143. The van der Waals surface area contributed by atoms with Crippen LogP contribution in [0.15, 0.2) is 22.7 Å². The number of hydrogen-bond donors (Lipinski definition) is 1. The Morgan fingerprint density at radius 3 is 2.65 bits per heavy atom. The van der Waals surface area contributed by atoms with Gasteiger partial charge in [-0.3, -0.25) is 0 Å². The maximum atomic E-state index is 6.13. The Kier molecular flexibility index (Phi) is 4.01. The number of ether oxygens (including phenoxy) is 1. The van der Waals surface area contributed by atoms with E-state index in [1.54, 1.807) is 25.3 Å². The maximum Gasteiger partial charge on any atom is 0.259 e. The zero-order valence-electron chi connectivity index (χ0n) is 12.0. The first-order valence-corrected chi connectivity index (χ1v) is 6.62. The van der Waals surface area contributed by atoms with Gasteiger partial charge in [0.1, 0.15) is 6.10 Å². The van der Waals surface area contributed by atoms with Crippen LogP contribution < -0.4 is 5.73 Å². The normalized spacial score (nSPS) is 13.4. The molecule has 1 atom stereocenters. The van der Waals surface area contributed by atoms with E-state index in [-0.39, 0.29) is 11.5 Å². The second-order valence-electron chi connectivity index (χ2n) is 5.68. The van der Waals surface area contributed by atoms with Gasteiger partial charge in [0.05, 0.1) is 10.6 Å². The molecule has 0 bridgehead atoms. The Morgan fingerprint density at radius 1 is 1.35 bits per heavy atom. The van der Waals surface area contributed by atoms with Gasteiger partial charge in [0, 0.05) is 12.8 Å². The van der Waals surface area contributed by atoms with Crippen molar-refractivity contribution in [2.24, 2.45) is 5.41 Å². The average Bonchev–Trinajstić information content (AvgIpc) is 2.80. The lowest BCUT2D eigenvalue weighted by atomic mass is 9.88. The number of hydrogen-bond acceptors (Lipinski definition) is 5. The number of benzene rings is 1. The summed E-state index contributed by atoms with van der Waals surface area (Å²) in [5.41, 5.74) is 6.82. The SMILES string of the molecule is COC(c1noc(-c2cc(N)ccc2Cl)n1)C(C)(C)C.